The highest BCUT2D eigenvalue weighted by Gasteiger charge is 2.34. The minimum absolute atomic E-state index is 0.271. The van der Waals surface area contributed by atoms with Gasteiger partial charge in [0, 0.05) is 37.6 Å². The van der Waals surface area contributed by atoms with Crippen molar-refractivity contribution >= 4 is 5.97 Å². The largest absolute Gasteiger partial charge is 0.481 e. The lowest BCUT2D eigenvalue weighted by molar-refractivity contribution is -0.137. The number of aliphatic carboxylic acids is 1. The Bertz CT molecular complexity index is 253. The highest BCUT2D eigenvalue weighted by molar-refractivity contribution is 5.66. The maximum absolute atomic E-state index is 10.5. The molecule has 2 fully saturated rings. The van der Waals surface area contributed by atoms with Crippen LogP contribution >= 0.6 is 0 Å². The Morgan fingerprint density at radius 1 is 1.50 bits per heavy atom. The van der Waals surface area contributed by atoms with Crippen molar-refractivity contribution < 1.29 is 9.90 Å². The van der Waals surface area contributed by atoms with Crippen molar-refractivity contribution in [1.29, 1.82) is 0 Å². The van der Waals surface area contributed by atoms with Crippen LogP contribution in [0.1, 0.15) is 39.0 Å². The van der Waals surface area contributed by atoms with E-state index in [-0.39, 0.29) is 6.42 Å². The second-order valence-electron chi connectivity index (χ2n) is 5.21. The third-order valence-electron chi connectivity index (χ3n) is 3.59. The van der Waals surface area contributed by atoms with Crippen molar-refractivity contribution in [3.8, 4) is 0 Å². The molecule has 16 heavy (non-hydrogen) atoms. The number of likely N-dealkylation sites (tertiary alicyclic amines) is 1. The topological polar surface area (TPSA) is 52.6 Å². The first-order chi connectivity index (χ1) is 7.65. The molecule has 0 aromatic carbocycles. The number of hydrogen-bond donors (Lipinski definition) is 2. The zero-order valence-electron chi connectivity index (χ0n) is 9.98. The average Bonchev–Trinajstić information content (AvgIpc) is 2.98. The van der Waals surface area contributed by atoms with Gasteiger partial charge in [0.1, 0.15) is 0 Å². The molecule has 2 N–H and O–H groups in total. The fraction of sp³-hybridized carbons (Fsp3) is 0.917. The second kappa shape index (κ2) is 5.15. The van der Waals surface area contributed by atoms with Gasteiger partial charge in [-0.15, -0.1) is 0 Å². The summed E-state index contributed by atoms with van der Waals surface area (Å²) in [7, 11) is 0. The standard InChI is InChI=1S/C12H22N2O2/c1-9(2-5-12(15)16)13-10-6-7-14(8-10)11-3-4-11/h9-11,13H,2-8H2,1H3,(H,15,16). The Balaban J connectivity index is 1.63. The van der Waals surface area contributed by atoms with Crippen molar-refractivity contribution in [2.75, 3.05) is 13.1 Å². The molecule has 1 aliphatic heterocycles. The predicted octanol–water partition coefficient (Wildman–Crippen LogP) is 1.07. The number of carboxylic acids is 1. The lowest BCUT2D eigenvalue weighted by atomic mass is 10.1. The number of carbonyl (C=O) groups is 1. The summed E-state index contributed by atoms with van der Waals surface area (Å²) >= 11 is 0. The van der Waals surface area contributed by atoms with Gasteiger partial charge in [0.05, 0.1) is 0 Å². The summed E-state index contributed by atoms with van der Waals surface area (Å²) in [6, 6.07) is 1.76. The van der Waals surface area contributed by atoms with Gasteiger partial charge in [-0.3, -0.25) is 9.69 Å². The van der Waals surface area contributed by atoms with Crippen LogP contribution in [-0.4, -0.2) is 47.2 Å². The van der Waals surface area contributed by atoms with E-state index in [1.807, 2.05) is 0 Å². The predicted molar refractivity (Wildman–Crippen MR) is 62.5 cm³/mol. The molecule has 4 nitrogen and oxygen atoms in total. The number of carboxylic acid groups (broad SMARTS) is 1. The molecule has 0 aromatic heterocycles. The zero-order valence-corrected chi connectivity index (χ0v) is 9.98. The summed E-state index contributed by atoms with van der Waals surface area (Å²) in [6.07, 6.45) is 4.97. The van der Waals surface area contributed by atoms with Crippen molar-refractivity contribution in [2.24, 2.45) is 0 Å². The van der Waals surface area contributed by atoms with Gasteiger partial charge in [0.15, 0.2) is 0 Å². The van der Waals surface area contributed by atoms with Crippen LogP contribution in [0.15, 0.2) is 0 Å². The maximum atomic E-state index is 10.5. The van der Waals surface area contributed by atoms with Crippen LogP contribution in [-0.2, 0) is 4.79 Å². The lowest BCUT2D eigenvalue weighted by Crippen LogP contribution is -2.39. The quantitative estimate of drug-likeness (QED) is 0.711. The van der Waals surface area contributed by atoms with E-state index in [2.05, 4.69) is 17.1 Å². The van der Waals surface area contributed by atoms with Gasteiger partial charge in [-0.1, -0.05) is 0 Å². The molecule has 0 bridgehead atoms. The number of hydrogen-bond acceptors (Lipinski definition) is 3. The van der Waals surface area contributed by atoms with Crippen LogP contribution in [0.3, 0.4) is 0 Å². The molecular weight excluding hydrogens is 204 g/mol. The van der Waals surface area contributed by atoms with Crippen LogP contribution < -0.4 is 5.32 Å². The van der Waals surface area contributed by atoms with E-state index in [0.717, 1.165) is 19.0 Å². The zero-order chi connectivity index (χ0) is 11.5. The summed E-state index contributed by atoms with van der Waals surface area (Å²) in [6.45, 7) is 4.46. The van der Waals surface area contributed by atoms with E-state index < -0.39 is 5.97 Å². The van der Waals surface area contributed by atoms with Crippen molar-refractivity contribution in [3.63, 3.8) is 0 Å². The second-order valence-corrected chi connectivity index (χ2v) is 5.21. The summed E-state index contributed by atoms with van der Waals surface area (Å²) in [4.78, 5) is 13.0. The molecule has 1 aliphatic carbocycles. The van der Waals surface area contributed by atoms with Crippen LogP contribution in [0.2, 0.25) is 0 Å². The van der Waals surface area contributed by atoms with Crippen LogP contribution in [0.4, 0.5) is 0 Å². The number of nitrogens with zero attached hydrogens (tertiary/aromatic N) is 1. The monoisotopic (exact) mass is 226 g/mol. The van der Waals surface area contributed by atoms with E-state index in [9.17, 15) is 4.79 Å². The SMILES string of the molecule is CC(CCC(=O)O)NC1CCN(C2CC2)C1. The first-order valence-corrected chi connectivity index (χ1v) is 6.37. The van der Waals surface area contributed by atoms with Crippen molar-refractivity contribution in [1.82, 2.24) is 10.2 Å². The first kappa shape index (κ1) is 11.9. The molecule has 0 spiro atoms. The Morgan fingerprint density at radius 2 is 2.25 bits per heavy atom. The fourth-order valence-corrected chi connectivity index (χ4v) is 2.52. The number of nitrogens with one attached hydrogen (secondary N) is 1. The van der Waals surface area contributed by atoms with Gasteiger partial charge in [-0.05, 0) is 32.6 Å². The maximum Gasteiger partial charge on any atom is 0.303 e. The smallest absolute Gasteiger partial charge is 0.303 e. The van der Waals surface area contributed by atoms with E-state index in [1.165, 1.54) is 25.8 Å². The fourth-order valence-electron chi connectivity index (χ4n) is 2.52. The van der Waals surface area contributed by atoms with Gasteiger partial charge >= 0.3 is 5.97 Å². The number of rotatable bonds is 6. The third kappa shape index (κ3) is 3.46. The lowest BCUT2D eigenvalue weighted by Gasteiger charge is -2.19. The minimum atomic E-state index is -0.695. The molecular formula is C12H22N2O2. The molecule has 2 aliphatic rings. The molecule has 0 radical (unpaired) electrons. The molecule has 2 rings (SSSR count). The summed E-state index contributed by atoms with van der Waals surface area (Å²) in [5.74, 6) is -0.695. The van der Waals surface area contributed by atoms with Crippen LogP contribution in [0.5, 0.6) is 0 Å². The van der Waals surface area contributed by atoms with Crippen LogP contribution in [0, 0.1) is 0 Å². The Labute approximate surface area is 97.0 Å². The van der Waals surface area contributed by atoms with E-state index in [4.69, 9.17) is 5.11 Å². The average molecular weight is 226 g/mol. The van der Waals surface area contributed by atoms with Crippen molar-refractivity contribution in [2.45, 2.75) is 57.2 Å². The minimum Gasteiger partial charge on any atom is -0.481 e. The third-order valence-corrected chi connectivity index (χ3v) is 3.59. The van der Waals surface area contributed by atoms with E-state index in [0.29, 0.717) is 12.1 Å². The summed E-state index contributed by atoms with van der Waals surface area (Å²) in [5, 5.41) is 12.2. The first-order valence-electron chi connectivity index (χ1n) is 6.37. The van der Waals surface area contributed by atoms with Crippen LogP contribution in [0.25, 0.3) is 0 Å². The molecule has 92 valence electrons. The molecule has 2 unspecified atom stereocenters. The van der Waals surface area contributed by atoms with Gasteiger partial charge < -0.3 is 10.4 Å². The Kier molecular flexibility index (Phi) is 3.82. The molecule has 4 heteroatoms. The molecule has 0 amide bonds. The Hall–Kier alpha value is -0.610. The van der Waals surface area contributed by atoms with Gasteiger partial charge in [-0.2, -0.15) is 0 Å². The molecule has 2 atom stereocenters. The van der Waals surface area contributed by atoms with E-state index in [1.54, 1.807) is 0 Å². The molecule has 0 aromatic rings. The molecule has 1 saturated carbocycles. The molecule has 1 saturated heterocycles. The molecule has 1 heterocycles. The van der Waals surface area contributed by atoms with Gasteiger partial charge in [-0.25, -0.2) is 0 Å². The highest BCUT2D eigenvalue weighted by Crippen LogP contribution is 2.29. The highest BCUT2D eigenvalue weighted by atomic mass is 16.4. The normalized spacial score (nSPS) is 28.2. The van der Waals surface area contributed by atoms with Crippen molar-refractivity contribution in [3.05, 3.63) is 0 Å². The van der Waals surface area contributed by atoms with Gasteiger partial charge in [0.25, 0.3) is 0 Å². The van der Waals surface area contributed by atoms with E-state index >= 15 is 0 Å². The summed E-state index contributed by atoms with van der Waals surface area (Å²) < 4.78 is 0. The Morgan fingerprint density at radius 3 is 2.88 bits per heavy atom. The summed E-state index contributed by atoms with van der Waals surface area (Å²) in [5.41, 5.74) is 0. The van der Waals surface area contributed by atoms with Gasteiger partial charge in [0.2, 0.25) is 0 Å².